The number of benzene rings is 1. The maximum atomic E-state index is 12.3. The van der Waals surface area contributed by atoms with Gasteiger partial charge in [-0.1, -0.05) is 0 Å². The Morgan fingerprint density at radius 2 is 2.10 bits per heavy atom. The number of H-pyrrole nitrogens is 1. The van der Waals surface area contributed by atoms with Crippen molar-refractivity contribution in [3.63, 3.8) is 0 Å². The summed E-state index contributed by atoms with van der Waals surface area (Å²) in [6, 6.07) is 4.11. The van der Waals surface area contributed by atoms with E-state index in [0.717, 1.165) is 6.26 Å². The molecule has 0 saturated carbocycles. The number of amides is 1. The van der Waals surface area contributed by atoms with Crippen LogP contribution in [0.1, 0.15) is 16.2 Å². The Balaban J connectivity index is 2.28. The van der Waals surface area contributed by atoms with Crippen LogP contribution < -0.4 is 5.73 Å². The van der Waals surface area contributed by atoms with Gasteiger partial charge in [0.1, 0.15) is 5.82 Å². The normalized spacial score (nSPS) is 11.3. The van der Waals surface area contributed by atoms with E-state index in [9.17, 15) is 13.2 Å². The maximum Gasteiger partial charge on any atom is 0.254 e. The number of nitrogens with one attached hydrogen (secondary N) is 1. The second kappa shape index (κ2) is 5.57. The molecule has 1 heterocycles. The minimum atomic E-state index is -3.43. The molecule has 2 rings (SSSR count). The molecule has 1 amide bonds. The molecule has 0 spiro atoms. The number of sulfone groups is 1. The number of aromatic amines is 1. The van der Waals surface area contributed by atoms with Crippen LogP contribution in [-0.4, -0.2) is 42.5 Å². The van der Waals surface area contributed by atoms with Gasteiger partial charge in [0.2, 0.25) is 0 Å². The van der Waals surface area contributed by atoms with E-state index in [1.165, 1.54) is 23.1 Å². The number of hydrogen-bond donors (Lipinski definition) is 2. The summed E-state index contributed by atoms with van der Waals surface area (Å²) in [5, 5.41) is 0. The smallest absolute Gasteiger partial charge is 0.254 e. The quantitative estimate of drug-likeness (QED) is 0.807. The van der Waals surface area contributed by atoms with Crippen molar-refractivity contribution in [2.24, 2.45) is 0 Å². The molecule has 7 nitrogen and oxygen atoms in total. The molecule has 0 radical (unpaired) electrons. The first-order valence-corrected chi connectivity index (χ1v) is 8.01. The minimum absolute atomic E-state index is 0.0252. The highest BCUT2D eigenvalue weighted by atomic mass is 32.2. The third-order valence-corrected chi connectivity index (χ3v) is 3.98. The summed E-state index contributed by atoms with van der Waals surface area (Å²) >= 11 is 0. The predicted molar refractivity (Wildman–Crippen MR) is 78.3 cm³/mol. The average Bonchev–Trinajstić information content (AvgIpc) is 2.88. The molecule has 0 aliphatic rings. The highest BCUT2D eigenvalue weighted by Gasteiger charge is 2.17. The average molecular weight is 308 g/mol. The van der Waals surface area contributed by atoms with Crippen molar-refractivity contribution in [1.82, 2.24) is 14.9 Å². The largest absolute Gasteiger partial charge is 0.399 e. The van der Waals surface area contributed by atoms with Gasteiger partial charge in [-0.05, 0) is 18.2 Å². The van der Waals surface area contributed by atoms with Crippen LogP contribution in [0.5, 0.6) is 0 Å². The summed E-state index contributed by atoms with van der Waals surface area (Å²) in [4.78, 5) is 20.7. The Morgan fingerprint density at radius 3 is 2.67 bits per heavy atom. The number of nitrogens with two attached hydrogens (primary N) is 1. The monoisotopic (exact) mass is 308 g/mol. The van der Waals surface area contributed by atoms with E-state index in [1.807, 2.05) is 0 Å². The van der Waals surface area contributed by atoms with E-state index in [0.29, 0.717) is 5.82 Å². The molecule has 1 aromatic heterocycles. The summed E-state index contributed by atoms with van der Waals surface area (Å²) in [5.41, 5.74) is 6.13. The number of rotatable bonds is 4. The van der Waals surface area contributed by atoms with Gasteiger partial charge in [0.25, 0.3) is 5.91 Å². The molecular formula is C13H16N4O3S. The van der Waals surface area contributed by atoms with Crippen molar-refractivity contribution >= 4 is 21.4 Å². The van der Waals surface area contributed by atoms with Gasteiger partial charge in [-0.15, -0.1) is 0 Å². The number of carbonyl (C=O) groups excluding carboxylic acids is 1. The molecule has 0 saturated heterocycles. The number of imidazole rings is 1. The second-order valence-corrected chi connectivity index (χ2v) is 6.78. The molecule has 0 atom stereocenters. The van der Waals surface area contributed by atoms with E-state index in [1.54, 1.807) is 19.4 Å². The first-order chi connectivity index (χ1) is 9.77. The third-order valence-electron chi connectivity index (χ3n) is 2.89. The van der Waals surface area contributed by atoms with Crippen molar-refractivity contribution < 1.29 is 13.2 Å². The van der Waals surface area contributed by atoms with Crippen LogP contribution >= 0.6 is 0 Å². The molecule has 8 heteroatoms. The van der Waals surface area contributed by atoms with Crippen molar-refractivity contribution in [1.29, 1.82) is 0 Å². The number of anilines is 1. The standard InChI is InChI=1S/C13H16N4O3S/c1-17(8-12-15-3-4-16-12)13(18)9-5-10(14)7-11(6-9)21(2,19)20/h3-7H,8,14H2,1-2H3,(H,15,16). The SMILES string of the molecule is CN(Cc1ncc[nH]1)C(=O)c1cc(N)cc(S(C)(=O)=O)c1. The molecule has 0 unspecified atom stereocenters. The zero-order chi connectivity index (χ0) is 15.6. The third kappa shape index (κ3) is 3.60. The van der Waals surface area contributed by atoms with Crippen molar-refractivity contribution in [3.8, 4) is 0 Å². The minimum Gasteiger partial charge on any atom is -0.399 e. The van der Waals surface area contributed by atoms with Crippen LogP contribution in [0.2, 0.25) is 0 Å². The van der Waals surface area contributed by atoms with Gasteiger partial charge in [-0.3, -0.25) is 4.79 Å². The molecular weight excluding hydrogens is 292 g/mol. The van der Waals surface area contributed by atoms with Crippen LogP contribution in [-0.2, 0) is 16.4 Å². The second-order valence-electron chi connectivity index (χ2n) is 4.76. The predicted octanol–water partition coefficient (Wildman–Crippen LogP) is 0.668. The van der Waals surface area contributed by atoms with Crippen LogP contribution in [0.15, 0.2) is 35.5 Å². The van der Waals surface area contributed by atoms with Crippen LogP contribution in [0.4, 0.5) is 5.69 Å². The Hall–Kier alpha value is -2.35. The fourth-order valence-corrected chi connectivity index (χ4v) is 2.55. The van der Waals surface area contributed by atoms with E-state index in [2.05, 4.69) is 9.97 Å². The molecule has 3 N–H and O–H groups in total. The molecule has 0 bridgehead atoms. The van der Waals surface area contributed by atoms with Gasteiger partial charge in [-0.2, -0.15) is 0 Å². The van der Waals surface area contributed by atoms with E-state index < -0.39 is 9.84 Å². The molecule has 1 aromatic carbocycles. The fraction of sp³-hybridized carbons (Fsp3) is 0.231. The Labute approximate surface area is 122 Å². The number of hydrogen-bond acceptors (Lipinski definition) is 5. The van der Waals surface area contributed by atoms with Crippen molar-refractivity contribution in [2.45, 2.75) is 11.4 Å². The van der Waals surface area contributed by atoms with Crippen molar-refractivity contribution in [3.05, 3.63) is 42.0 Å². The van der Waals surface area contributed by atoms with Gasteiger partial charge < -0.3 is 15.6 Å². The van der Waals surface area contributed by atoms with E-state index in [4.69, 9.17) is 5.73 Å². The number of aromatic nitrogens is 2. The molecule has 0 fully saturated rings. The molecule has 0 aliphatic carbocycles. The van der Waals surface area contributed by atoms with Crippen LogP contribution in [0, 0.1) is 0 Å². The Bertz CT molecular complexity index is 754. The Kier molecular flexibility index (Phi) is 3.99. The lowest BCUT2D eigenvalue weighted by atomic mass is 10.2. The lowest BCUT2D eigenvalue weighted by Gasteiger charge is -2.16. The van der Waals surface area contributed by atoms with E-state index >= 15 is 0 Å². The lowest BCUT2D eigenvalue weighted by molar-refractivity contribution is 0.0781. The fourth-order valence-electron chi connectivity index (χ4n) is 1.86. The first-order valence-electron chi connectivity index (χ1n) is 6.11. The topological polar surface area (TPSA) is 109 Å². The number of nitrogens with zero attached hydrogens (tertiary/aromatic N) is 2. The highest BCUT2D eigenvalue weighted by Crippen LogP contribution is 2.18. The highest BCUT2D eigenvalue weighted by molar-refractivity contribution is 7.90. The zero-order valence-corrected chi connectivity index (χ0v) is 12.5. The molecule has 21 heavy (non-hydrogen) atoms. The molecule has 2 aromatic rings. The first kappa shape index (κ1) is 15.0. The van der Waals surface area contributed by atoms with Gasteiger partial charge >= 0.3 is 0 Å². The van der Waals surface area contributed by atoms with Gasteiger partial charge in [0.15, 0.2) is 9.84 Å². The van der Waals surface area contributed by atoms with Crippen LogP contribution in [0.25, 0.3) is 0 Å². The summed E-state index contributed by atoms with van der Waals surface area (Å²) in [5.74, 6) is 0.307. The molecule has 112 valence electrons. The van der Waals surface area contributed by atoms with E-state index in [-0.39, 0.29) is 28.6 Å². The van der Waals surface area contributed by atoms with Crippen LogP contribution in [0.3, 0.4) is 0 Å². The summed E-state index contributed by atoms with van der Waals surface area (Å²) < 4.78 is 23.2. The summed E-state index contributed by atoms with van der Waals surface area (Å²) in [7, 11) is -1.82. The number of carbonyl (C=O) groups is 1. The zero-order valence-electron chi connectivity index (χ0n) is 11.7. The van der Waals surface area contributed by atoms with Gasteiger partial charge in [0.05, 0.1) is 11.4 Å². The number of nitrogen functional groups attached to an aromatic ring is 1. The Morgan fingerprint density at radius 1 is 1.38 bits per heavy atom. The molecule has 0 aliphatic heterocycles. The summed E-state index contributed by atoms with van der Waals surface area (Å²) in [6.45, 7) is 0.287. The lowest BCUT2D eigenvalue weighted by Crippen LogP contribution is -2.27. The van der Waals surface area contributed by atoms with Gasteiger partial charge in [-0.25, -0.2) is 13.4 Å². The van der Waals surface area contributed by atoms with Gasteiger partial charge in [0, 0.05) is 36.9 Å². The summed E-state index contributed by atoms with van der Waals surface area (Å²) in [6.07, 6.45) is 4.33. The van der Waals surface area contributed by atoms with Crippen molar-refractivity contribution in [2.75, 3.05) is 19.0 Å². The maximum absolute atomic E-state index is 12.3.